The fraction of sp³-hybridized carbons (Fsp3) is 0.444. The number of thiazole rings is 1. The van der Waals surface area contributed by atoms with Crippen molar-refractivity contribution in [2.75, 3.05) is 18.5 Å². The molecule has 0 atom stereocenters. The van der Waals surface area contributed by atoms with Gasteiger partial charge in [0.25, 0.3) is 5.91 Å². The van der Waals surface area contributed by atoms with Crippen LogP contribution in [-0.4, -0.2) is 36.0 Å². The Morgan fingerprint density at radius 1 is 1.15 bits per heavy atom. The fourth-order valence-corrected chi connectivity index (χ4v) is 4.11. The first-order chi connectivity index (χ1) is 12.7. The van der Waals surface area contributed by atoms with Crippen molar-refractivity contribution in [3.63, 3.8) is 0 Å². The Hall–Kier alpha value is -2.26. The Balaban J connectivity index is 2.05. The highest BCUT2D eigenvalue weighted by Crippen LogP contribution is 2.33. The number of hydrogen-bond acceptors (Lipinski definition) is 8. The standard InChI is InChI=1S/C18H22N2O5S2/c1-6-24-17(22)12-7-13(9(2)3)27-16(12)20-14(21)8-25-18(23)15-10(4)19-11(5)26-15/h7,9H,6,8H2,1-5H3,(H,20,21). The van der Waals surface area contributed by atoms with Gasteiger partial charge in [-0.1, -0.05) is 13.8 Å². The molecule has 0 radical (unpaired) electrons. The molecule has 1 N–H and O–H groups in total. The molecule has 2 heterocycles. The molecule has 0 saturated heterocycles. The first kappa shape index (κ1) is 21.0. The third kappa shape index (κ3) is 5.36. The zero-order valence-electron chi connectivity index (χ0n) is 15.9. The second-order valence-corrected chi connectivity index (χ2v) is 8.33. The molecular weight excluding hydrogens is 388 g/mol. The molecule has 0 fully saturated rings. The lowest BCUT2D eigenvalue weighted by atomic mass is 10.1. The molecule has 2 aromatic heterocycles. The molecule has 0 aliphatic heterocycles. The molecule has 0 bridgehead atoms. The fourth-order valence-electron chi connectivity index (χ4n) is 2.23. The summed E-state index contributed by atoms with van der Waals surface area (Å²) in [6, 6.07) is 1.72. The van der Waals surface area contributed by atoms with Crippen LogP contribution in [0.1, 0.15) is 62.3 Å². The second kappa shape index (κ2) is 9.09. The van der Waals surface area contributed by atoms with Crippen molar-refractivity contribution in [2.45, 2.75) is 40.5 Å². The topological polar surface area (TPSA) is 94.6 Å². The quantitative estimate of drug-likeness (QED) is 0.695. The average molecular weight is 411 g/mol. The number of nitrogens with one attached hydrogen (secondary N) is 1. The number of nitrogens with zero attached hydrogens (tertiary/aromatic N) is 1. The SMILES string of the molecule is CCOC(=O)c1cc(C(C)C)sc1NC(=O)COC(=O)c1sc(C)nc1C. The summed E-state index contributed by atoms with van der Waals surface area (Å²) >= 11 is 2.53. The second-order valence-electron chi connectivity index (χ2n) is 6.04. The molecule has 0 unspecified atom stereocenters. The summed E-state index contributed by atoms with van der Waals surface area (Å²) in [5.74, 6) is -1.41. The molecule has 146 valence electrons. The summed E-state index contributed by atoms with van der Waals surface area (Å²) in [5, 5.41) is 3.79. The van der Waals surface area contributed by atoms with E-state index in [1.807, 2.05) is 13.8 Å². The van der Waals surface area contributed by atoms with Crippen LogP contribution in [0, 0.1) is 13.8 Å². The number of amides is 1. The molecule has 0 aliphatic carbocycles. The van der Waals surface area contributed by atoms with Crippen LogP contribution in [0.2, 0.25) is 0 Å². The molecule has 2 aromatic rings. The number of hydrogen-bond donors (Lipinski definition) is 1. The number of anilines is 1. The Labute approximate surface area is 165 Å². The van der Waals surface area contributed by atoms with Gasteiger partial charge in [0.2, 0.25) is 0 Å². The predicted molar refractivity (Wildman–Crippen MR) is 105 cm³/mol. The van der Waals surface area contributed by atoms with Crippen LogP contribution in [-0.2, 0) is 14.3 Å². The Morgan fingerprint density at radius 3 is 2.41 bits per heavy atom. The molecule has 0 aliphatic rings. The molecule has 1 amide bonds. The molecule has 2 rings (SSSR count). The third-order valence-electron chi connectivity index (χ3n) is 3.49. The van der Waals surface area contributed by atoms with E-state index in [-0.39, 0.29) is 12.5 Å². The third-order valence-corrected chi connectivity index (χ3v) is 5.90. The van der Waals surface area contributed by atoms with Gasteiger partial charge in [0, 0.05) is 4.88 Å². The maximum Gasteiger partial charge on any atom is 0.350 e. The van der Waals surface area contributed by atoms with E-state index in [0.717, 1.165) is 9.88 Å². The van der Waals surface area contributed by atoms with Gasteiger partial charge in [0.05, 0.1) is 22.9 Å². The van der Waals surface area contributed by atoms with Gasteiger partial charge in [0.1, 0.15) is 9.88 Å². The summed E-state index contributed by atoms with van der Waals surface area (Å²) in [5.41, 5.74) is 0.881. The lowest BCUT2D eigenvalue weighted by Gasteiger charge is -2.07. The van der Waals surface area contributed by atoms with E-state index in [9.17, 15) is 14.4 Å². The normalized spacial score (nSPS) is 10.7. The van der Waals surface area contributed by atoms with E-state index >= 15 is 0 Å². The van der Waals surface area contributed by atoms with Crippen molar-refractivity contribution < 1.29 is 23.9 Å². The number of aryl methyl sites for hydroxylation is 2. The van der Waals surface area contributed by atoms with Gasteiger partial charge in [-0.3, -0.25) is 4.79 Å². The highest BCUT2D eigenvalue weighted by atomic mass is 32.1. The Bertz CT molecular complexity index is 854. The van der Waals surface area contributed by atoms with Crippen LogP contribution in [0.5, 0.6) is 0 Å². The predicted octanol–water partition coefficient (Wildman–Crippen LogP) is 3.92. The van der Waals surface area contributed by atoms with Crippen molar-refractivity contribution >= 4 is 45.5 Å². The molecular formula is C18H22N2O5S2. The van der Waals surface area contributed by atoms with Crippen LogP contribution in [0.15, 0.2) is 6.07 Å². The van der Waals surface area contributed by atoms with Crippen molar-refractivity contribution in [3.8, 4) is 0 Å². The van der Waals surface area contributed by atoms with Crippen LogP contribution in [0.3, 0.4) is 0 Å². The first-order valence-electron chi connectivity index (χ1n) is 8.44. The summed E-state index contributed by atoms with van der Waals surface area (Å²) in [6.45, 7) is 9.00. The van der Waals surface area contributed by atoms with Gasteiger partial charge in [-0.15, -0.1) is 22.7 Å². The summed E-state index contributed by atoms with van der Waals surface area (Å²) in [6.07, 6.45) is 0. The van der Waals surface area contributed by atoms with Crippen LogP contribution in [0.4, 0.5) is 5.00 Å². The van der Waals surface area contributed by atoms with Gasteiger partial charge in [-0.2, -0.15) is 0 Å². The molecule has 27 heavy (non-hydrogen) atoms. The first-order valence-corrected chi connectivity index (χ1v) is 10.1. The van der Waals surface area contributed by atoms with Crippen molar-refractivity contribution in [2.24, 2.45) is 0 Å². The molecule has 0 spiro atoms. The monoisotopic (exact) mass is 410 g/mol. The Morgan fingerprint density at radius 2 is 1.85 bits per heavy atom. The number of rotatable bonds is 7. The zero-order valence-corrected chi connectivity index (χ0v) is 17.5. The number of carbonyl (C=O) groups excluding carboxylic acids is 3. The minimum atomic E-state index is -0.590. The van der Waals surface area contributed by atoms with Gasteiger partial charge in [-0.25, -0.2) is 14.6 Å². The van der Waals surface area contributed by atoms with Gasteiger partial charge in [0.15, 0.2) is 6.61 Å². The largest absolute Gasteiger partial charge is 0.462 e. The lowest BCUT2D eigenvalue weighted by Crippen LogP contribution is -2.21. The number of esters is 2. The van der Waals surface area contributed by atoms with Crippen LogP contribution >= 0.6 is 22.7 Å². The summed E-state index contributed by atoms with van der Waals surface area (Å²) in [7, 11) is 0. The van der Waals surface area contributed by atoms with Crippen LogP contribution in [0.25, 0.3) is 0 Å². The van der Waals surface area contributed by atoms with E-state index in [1.165, 1.54) is 22.7 Å². The minimum Gasteiger partial charge on any atom is -0.462 e. The number of thiophene rings is 1. The average Bonchev–Trinajstić information content (AvgIpc) is 3.16. The maximum absolute atomic E-state index is 12.2. The number of aromatic nitrogens is 1. The summed E-state index contributed by atoms with van der Waals surface area (Å²) < 4.78 is 10.1. The highest BCUT2D eigenvalue weighted by molar-refractivity contribution is 7.16. The molecule has 0 aromatic carbocycles. The van der Waals surface area contributed by atoms with Gasteiger partial charge < -0.3 is 14.8 Å². The molecule has 7 nitrogen and oxygen atoms in total. The van der Waals surface area contributed by atoms with Crippen LogP contribution < -0.4 is 5.32 Å². The van der Waals surface area contributed by atoms with E-state index in [0.29, 0.717) is 21.1 Å². The van der Waals surface area contributed by atoms with Crippen molar-refractivity contribution in [1.82, 2.24) is 4.98 Å². The van der Waals surface area contributed by atoms with E-state index in [1.54, 1.807) is 26.8 Å². The van der Waals surface area contributed by atoms with E-state index < -0.39 is 24.5 Å². The summed E-state index contributed by atoms with van der Waals surface area (Å²) in [4.78, 5) is 41.9. The van der Waals surface area contributed by atoms with Crippen molar-refractivity contribution in [3.05, 3.63) is 32.1 Å². The van der Waals surface area contributed by atoms with E-state index in [2.05, 4.69) is 10.3 Å². The maximum atomic E-state index is 12.2. The molecule has 9 heteroatoms. The van der Waals surface area contributed by atoms with E-state index in [4.69, 9.17) is 9.47 Å². The number of ether oxygens (including phenoxy) is 2. The van der Waals surface area contributed by atoms with Crippen molar-refractivity contribution in [1.29, 1.82) is 0 Å². The zero-order chi connectivity index (χ0) is 20.1. The highest BCUT2D eigenvalue weighted by Gasteiger charge is 2.21. The smallest absolute Gasteiger partial charge is 0.350 e. The van der Waals surface area contributed by atoms with Gasteiger partial charge in [-0.05, 0) is 32.8 Å². The Kier molecular flexibility index (Phi) is 7.09. The number of carbonyl (C=O) groups is 3. The minimum absolute atomic E-state index is 0.198. The van der Waals surface area contributed by atoms with Gasteiger partial charge >= 0.3 is 11.9 Å². The molecule has 0 saturated carbocycles. The lowest BCUT2D eigenvalue weighted by molar-refractivity contribution is -0.119.